The van der Waals surface area contributed by atoms with Gasteiger partial charge in [-0.2, -0.15) is 0 Å². The van der Waals surface area contributed by atoms with Crippen molar-refractivity contribution < 1.29 is 47.8 Å². The molecule has 1 heterocycles. The Hall–Kier alpha value is -8.07. The number of likely N-dealkylation sites (tertiary alicyclic amines) is 1. The highest BCUT2D eigenvalue weighted by atomic mass is 16.6. The van der Waals surface area contributed by atoms with Gasteiger partial charge in [0.05, 0.1) is 13.7 Å². The van der Waals surface area contributed by atoms with Gasteiger partial charge in [0.1, 0.15) is 18.7 Å². The van der Waals surface area contributed by atoms with Gasteiger partial charge >= 0.3 is 18.0 Å². The van der Waals surface area contributed by atoms with E-state index in [1.807, 2.05) is 69.3 Å². The first-order chi connectivity index (χ1) is 33.5. The van der Waals surface area contributed by atoms with Crippen LogP contribution in [0.25, 0.3) is 17.2 Å². The van der Waals surface area contributed by atoms with Gasteiger partial charge in [-0.15, -0.1) is 0 Å². The van der Waals surface area contributed by atoms with Crippen molar-refractivity contribution in [2.24, 2.45) is 11.1 Å². The van der Waals surface area contributed by atoms with Crippen molar-refractivity contribution in [2.75, 3.05) is 25.2 Å². The maximum absolute atomic E-state index is 14.8. The summed E-state index contributed by atoms with van der Waals surface area (Å²) in [6.07, 6.45) is 1.98. The Kier molecular flexibility index (Phi) is 15.6. The molecule has 15 nitrogen and oxygen atoms in total. The Morgan fingerprint density at radius 2 is 1.43 bits per heavy atom. The minimum Gasteiger partial charge on any atom is -0.466 e. The summed E-state index contributed by atoms with van der Waals surface area (Å²) in [5, 5.41) is 5.71. The Morgan fingerprint density at radius 1 is 0.814 bits per heavy atom. The number of anilines is 1. The van der Waals surface area contributed by atoms with E-state index in [9.17, 15) is 33.6 Å². The number of hydrogen-bond donors (Lipinski definition) is 3. The molecule has 4 N–H and O–H groups in total. The van der Waals surface area contributed by atoms with Gasteiger partial charge in [-0.05, 0) is 87.5 Å². The van der Waals surface area contributed by atoms with Crippen molar-refractivity contribution in [3.05, 3.63) is 166 Å². The van der Waals surface area contributed by atoms with Crippen molar-refractivity contribution >= 4 is 53.4 Å². The lowest BCUT2D eigenvalue weighted by molar-refractivity contribution is -0.165. The molecule has 3 atom stereocenters. The molecule has 1 saturated heterocycles. The number of carbonyl (C=O) groups is 7. The molecule has 5 aromatic rings. The third-order valence-corrected chi connectivity index (χ3v) is 12.5. The largest absolute Gasteiger partial charge is 0.466 e. The second-order valence-corrected chi connectivity index (χ2v) is 18.3. The first kappa shape index (κ1) is 49.8. The first-order valence-corrected chi connectivity index (χ1v) is 23.0. The molecule has 5 aromatic carbocycles. The lowest BCUT2D eigenvalue weighted by Gasteiger charge is -2.36. The Bertz CT molecular complexity index is 2740. The second-order valence-electron chi connectivity index (χ2n) is 18.3. The summed E-state index contributed by atoms with van der Waals surface area (Å²) in [6.45, 7) is 7.48. The summed E-state index contributed by atoms with van der Waals surface area (Å²) in [5.41, 5.74) is 12.6. The number of benzene rings is 5. The van der Waals surface area contributed by atoms with Crippen molar-refractivity contribution in [3.8, 4) is 11.1 Å². The zero-order valence-corrected chi connectivity index (χ0v) is 39.8. The minimum atomic E-state index is -1.25. The number of ether oxygens (including phenoxy) is 3. The molecule has 0 spiro atoms. The second kappa shape index (κ2) is 21.9. The maximum Gasteiger partial charge on any atom is 0.407 e. The quantitative estimate of drug-likeness (QED) is 0.0509. The van der Waals surface area contributed by atoms with E-state index in [0.717, 1.165) is 33.4 Å². The molecule has 2 aliphatic rings. The molecule has 0 radical (unpaired) electrons. The zero-order chi connectivity index (χ0) is 50.1. The predicted octanol–water partition coefficient (Wildman–Crippen LogP) is 7.37. The van der Waals surface area contributed by atoms with Gasteiger partial charge in [0.2, 0.25) is 29.7 Å². The maximum atomic E-state index is 14.8. The standard InChI is InChI=1S/C55H57N5O10/c1-34(61)70-48(53(66)68-5)38-23-20-35(21-24-38)22-29-47(62)58-49(55(2,3)4)52(65)59-30-10-15-46(59)51(64)60(40-27-25-39(26-28-40)50(56)63)32-37-18-16-36(17-19-37)31-57-54(67)69-33-45-43-13-8-6-11-41(43)42-12-7-9-14-44(42)45/h6-9,11-14,16-29,45-46,48-49H,10,15,30-33H2,1-5H3,(H2,56,63)(H,57,67)(H,58,62)/t46-,48?,49+/m0/s1. The molecule has 15 heteroatoms. The summed E-state index contributed by atoms with van der Waals surface area (Å²) in [5.74, 6) is -3.37. The third-order valence-electron chi connectivity index (χ3n) is 12.5. The number of esters is 2. The lowest BCUT2D eigenvalue weighted by atomic mass is 9.85. The smallest absolute Gasteiger partial charge is 0.407 e. The predicted molar refractivity (Wildman–Crippen MR) is 263 cm³/mol. The molecule has 1 unspecified atom stereocenters. The lowest BCUT2D eigenvalue weighted by Crippen LogP contribution is -2.57. The van der Waals surface area contributed by atoms with E-state index in [1.54, 1.807) is 59.5 Å². The Labute approximate surface area is 407 Å². The monoisotopic (exact) mass is 947 g/mol. The van der Waals surface area contributed by atoms with Crippen LogP contribution in [0.1, 0.15) is 96.3 Å². The van der Waals surface area contributed by atoms with Crippen LogP contribution in [-0.4, -0.2) is 78.9 Å². The third kappa shape index (κ3) is 11.8. The first-order valence-electron chi connectivity index (χ1n) is 23.0. The number of carbonyl (C=O) groups excluding carboxylic acids is 7. The van der Waals surface area contributed by atoms with E-state index in [0.29, 0.717) is 36.2 Å². The van der Waals surface area contributed by atoms with Crippen molar-refractivity contribution in [1.29, 1.82) is 0 Å². The number of rotatable bonds is 16. The molecular weight excluding hydrogens is 891 g/mol. The van der Waals surface area contributed by atoms with Crippen LogP contribution in [0.2, 0.25) is 0 Å². The molecule has 1 aliphatic carbocycles. The fraction of sp³-hybridized carbons (Fsp3) is 0.291. The molecular formula is C55H57N5O10. The molecule has 1 aliphatic heterocycles. The van der Waals surface area contributed by atoms with Gasteiger partial charge in [-0.3, -0.25) is 24.0 Å². The average Bonchev–Trinajstić information content (AvgIpc) is 3.98. The molecule has 1 fully saturated rings. The molecule has 0 saturated carbocycles. The van der Waals surface area contributed by atoms with E-state index in [1.165, 1.54) is 25.0 Å². The average molecular weight is 948 g/mol. The molecule has 7 rings (SSSR count). The number of hydrogen-bond acceptors (Lipinski definition) is 10. The number of primary amides is 1. The SMILES string of the molecule is COC(=O)C(OC(C)=O)c1ccc(C=CC(=O)N[C@H](C(=O)N2CCC[C@H]2C(=O)N(Cc2ccc(CNC(=O)OCC3c4ccccc4-c4ccccc43)cc2)c2ccc(C(N)=O)cc2)C(C)(C)C)cc1. The molecule has 0 aromatic heterocycles. The van der Waals surface area contributed by atoms with Crippen LogP contribution in [-0.2, 0) is 51.3 Å². The number of amides is 5. The van der Waals surface area contributed by atoms with E-state index < -0.39 is 59.4 Å². The Balaban J connectivity index is 1.01. The van der Waals surface area contributed by atoms with Crippen LogP contribution in [0, 0.1) is 5.41 Å². The van der Waals surface area contributed by atoms with Crippen LogP contribution in [0.4, 0.5) is 10.5 Å². The summed E-state index contributed by atoms with van der Waals surface area (Å²) in [7, 11) is 1.19. The number of fused-ring (bicyclic) bond motifs is 3. The van der Waals surface area contributed by atoms with Gasteiger partial charge in [0.25, 0.3) is 0 Å². The van der Waals surface area contributed by atoms with Gasteiger partial charge in [0, 0.05) is 48.8 Å². The highest BCUT2D eigenvalue weighted by Crippen LogP contribution is 2.44. The van der Waals surface area contributed by atoms with Gasteiger partial charge in [-0.1, -0.05) is 118 Å². The normalized spacial score (nSPS) is 15.0. The fourth-order valence-electron chi connectivity index (χ4n) is 8.82. The topological polar surface area (TPSA) is 204 Å². The summed E-state index contributed by atoms with van der Waals surface area (Å²) >= 11 is 0. The summed E-state index contributed by atoms with van der Waals surface area (Å²) in [6, 6.07) is 34.6. The number of nitrogens with one attached hydrogen (secondary N) is 2. The number of nitrogens with two attached hydrogens (primary N) is 1. The van der Waals surface area contributed by atoms with Crippen molar-refractivity contribution in [1.82, 2.24) is 15.5 Å². The minimum absolute atomic E-state index is 0.0653. The number of methoxy groups -OCH3 is 1. The molecule has 5 amide bonds. The number of nitrogens with zero attached hydrogens (tertiary/aromatic N) is 2. The van der Waals surface area contributed by atoms with Crippen LogP contribution in [0.15, 0.2) is 127 Å². The molecule has 70 heavy (non-hydrogen) atoms. The van der Waals surface area contributed by atoms with Gasteiger partial charge in [0.15, 0.2) is 0 Å². The highest BCUT2D eigenvalue weighted by Gasteiger charge is 2.43. The zero-order valence-electron chi connectivity index (χ0n) is 39.8. The highest BCUT2D eigenvalue weighted by molar-refractivity contribution is 6.02. The Morgan fingerprint density at radius 3 is 2.01 bits per heavy atom. The van der Waals surface area contributed by atoms with Gasteiger partial charge < -0.3 is 40.4 Å². The molecule has 362 valence electrons. The van der Waals surface area contributed by atoms with Crippen LogP contribution in [0.5, 0.6) is 0 Å². The summed E-state index contributed by atoms with van der Waals surface area (Å²) in [4.78, 5) is 94.6. The van der Waals surface area contributed by atoms with E-state index in [4.69, 9.17) is 19.9 Å². The van der Waals surface area contributed by atoms with E-state index in [-0.39, 0.29) is 37.1 Å². The van der Waals surface area contributed by atoms with Crippen LogP contribution < -0.4 is 21.3 Å². The van der Waals surface area contributed by atoms with E-state index >= 15 is 0 Å². The van der Waals surface area contributed by atoms with Gasteiger partial charge in [-0.25, -0.2) is 9.59 Å². The van der Waals surface area contributed by atoms with Crippen LogP contribution in [0.3, 0.4) is 0 Å². The number of alkyl carbamates (subject to hydrolysis) is 1. The van der Waals surface area contributed by atoms with Crippen molar-refractivity contribution in [3.63, 3.8) is 0 Å². The van der Waals surface area contributed by atoms with E-state index in [2.05, 4.69) is 34.9 Å². The van der Waals surface area contributed by atoms with Crippen molar-refractivity contribution in [2.45, 2.75) is 77.7 Å². The molecule has 0 bridgehead atoms. The fourth-order valence-corrected chi connectivity index (χ4v) is 8.82. The van der Waals surface area contributed by atoms with Crippen LogP contribution >= 0.6 is 0 Å². The summed E-state index contributed by atoms with van der Waals surface area (Å²) < 4.78 is 15.6.